The van der Waals surface area contributed by atoms with Gasteiger partial charge in [-0.25, -0.2) is 8.42 Å². The Bertz CT molecular complexity index is 490. The summed E-state index contributed by atoms with van der Waals surface area (Å²) in [7, 11) is 0.894. The molecule has 0 N–H and O–H groups in total. The van der Waals surface area contributed by atoms with Crippen LogP contribution in [0.4, 0.5) is 5.69 Å². The molecule has 0 aliphatic carbocycles. The third-order valence-corrected chi connectivity index (χ3v) is 3.14. The summed E-state index contributed by atoms with van der Waals surface area (Å²) in [5.41, 5.74) is -0.606. The van der Waals surface area contributed by atoms with Crippen molar-refractivity contribution in [2.75, 3.05) is 0 Å². The molecular weight excluding hydrogens is 273 g/mol. The van der Waals surface area contributed by atoms with Crippen molar-refractivity contribution in [3.63, 3.8) is 0 Å². The number of thiol groups is 1. The van der Waals surface area contributed by atoms with E-state index in [0.29, 0.717) is 0 Å². The van der Waals surface area contributed by atoms with Gasteiger partial charge in [-0.15, -0.1) is 12.6 Å². The van der Waals surface area contributed by atoms with Crippen LogP contribution >= 0.6 is 23.3 Å². The number of para-hydroxylation sites is 1. The molecule has 15 heavy (non-hydrogen) atoms. The smallest absolute Gasteiger partial charge is 0.258 e. The molecule has 0 spiro atoms. The van der Waals surface area contributed by atoms with E-state index in [9.17, 15) is 18.5 Å². The third kappa shape index (κ3) is 3.61. The first-order chi connectivity index (χ1) is 6.34. The van der Waals surface area contributed by atoms with Crippen LogP contribution in [0.2, 0.25) is 0 Å². The molecule has 0 aliphatic rings. The number of rotatable bonds is 2. The molecule has 0 unspecified atom stereocenters. The van der Waals surface area contributed by atoms with Gasteiger partial charge >= 0.3 is 5.69 Å². The molecule has 1 aromatic carbocycles. The van der Waals surface area contributed by atoms with Crippen LogP contribution in [0.5, 0.6) is 0 Å². The number of nitro groups is 1. The summed E-state index contributed by atoms with van der Waals surface area (Å²) in [6, 6.07) is 3.69. The van der Waals surface area contributed by atoms with Crippen molar-refractivity contribution in [3.05, 3.63) is 28.3 Å². The van der Waals surface area contributed by atoms with Crippen molar-refractivity contribution < 1.29 is 13.3 Å². The van der Waals surface area contributed by atoms with Crippen LogP contribution in [0.15, 0.2) is 28.0 Å². The van der Waals surface area contributed by atoms with Gasteiger partial charge in [0.1, 0.15) is 0 Å². The Morgan fingerprint density at radius 3 is 2.27 bits per heavy atom. The Labute approximate surface area is 118 Å². The van der Waals surface area contributed by atoms with E-state index in [1.807, 2.05) is 0 Å². The molecule has 5 nitrogen and oxygen atoms in total. The quantitative estimate of drug-likeness (QED) is 0.291. The predicted molar refractivity (Wildman–Crippen MR) is 59.1 cm³/mol. The van der Waals surface area contributed by atoms with Crippen molar-refractivity contribution in [2.24, 2.45) is 0 Å². The Morgan fingerprint density at radius 2 is 1.93 bits per heavy atom. The number of hydrogen-bond donors (Lipinski definition) is 1. The minimum atomic E-state index is -4.12. The van der Waals surface area contributed by atoms with E-state index in [2.05, 4.69) is 12.6 Å². The average molecular weight is 277 g/mol. The number of benzene rings is 1. The molecule has 0 saturated heterocycles. The molecule has 0 fully saturated rings. The summed E-state index contributed by atoms with van der Waals surface area (Å²) in [5, 5.41) is 10.5. The SMILES string of the molecule is O=[N+]([O-])c1c(S)cccc1S(=O)(=O)Cl.[Na]. The van der Waals surface area contributed by atoms with E-state index in [1.54, 1.807) is 0 Å². The molecule has 0 amide bonds. The second-order valence-electron chi connectivity index (χ2n) is 2.32. The second-order valence-corrected chi connectivity index (χ2v) is 5.34. The maximum Gasteiger partial charge on any atom is 0.302 e. The van der Waals surface area contributed by atoms with Gasteiger partial charge in [0.25, 0.3) is 9.05 Å². The molecule has 0 bridgehead atoms. The molecule has 77 valence electrons. The topological polar surface area (TPSA) is 77.3 Å². The summed E-state index contributed by atoms with van der Waals surface area (Å²) in [5.74, 6) is 0. The standard InChI is InChI=1S/C6H4ClNO4S2.Na/c7-14(11,12)5-3-1-2-4(13)6(5)8(9)10;/h1-3,13H;. The van der Waals surface area contributed by atoms with Gasteiger partial charge in [0, 0.05) is 40.2 Å². The maximum atomic E-state index is 10.9. The Kier molecular flexibility index (Phi) is 5.59. The van der Waals surface area contributed by atoms with Crippen LogP contribution in [0, 0.1) is 10.1 Å². The van der Waals surface area contributed by atoms with Crippen LogP contribution in [-0.2, 0) is 9.05 Å². The molecule has 1 rings (SSSR count). The monoisotopic (exact) mass is 276 g/mol. The Hall–Kier alpha value is 0.210. The van der Waals surface area contributed by atoms with Gasteiger partial charge in [-0.2, -0.15) is 0 Å². The molecule has 1 aromatic rings. The van der Waals surface area contributed by atoms with E-state index in [-0.39, 0.29) is 34.5 Å². The van der Waals surface area contributed by atoms with Crippen molar-refractivity contribution >= 4 is 67.6 Å². The van der Waals surface area contributed by atoms with Gasteiger partial charge < -0.3 is 0 Å². The Balaban J connectivity index is 0.00000196. The van der Waals surface area contributed by atoms with Crippen molar-refractivity contribution in [1.29, 1.82) is 0 Å². The fourth-order valence-corrected chi connectivity index (χ4v) is 2.28. The van der Waals surface area contributed by atoms with Crippen molar-refractivity contribution in [3.8, 4) is 0 Å². The normalized spacial score (nSPS) is 10.5. The largest absolute Gasteiger partial charge is 0.302 e. The van der Waals surface area contributed by atoms with E-state index >= 15 is 0 Å². The summed E-state index contributed by atoms with van der Waals surface area (Å²) in [4.78, 5) is 9.10. The molecule has 9 heteroatoms. The summed E-state index contributed by atoms with van der Waals surface area (Å²) in [6.07, 6.45) is 0. The zero-order valence-electron chi connectivity index (χ0n) is 7.55. The molecule has 0 atom stereocenters. The molecule has 1 radical (unpaired) electrons. The summed E-state index contributed by atoms with van der Waals surface area (Å²) >= 11 is 3.77. The zero-order chi connectivity index (χ0) is 10.9. The van der Waals surface area contributed by atoms with Crippen LogP contribution in [0.25, 0.3) is 0 Å². The first-order valence-electron chi connectivity index (χ1n) is 3.25. The van der Waals surface area contributed by atoms with E-state index < -0.39 is 24.6 Å². The molecule has 0 aliphatic heterocycles. The number of halogens is 1. The molecule has 0 heterocycles. The predicted octanol–water partition coefficient (Wildman–Crippen LogP) is 1.43. The van der Waals surface area contributed by atoms with Crippen LogP contribution in [0.3, 0.4) is 0 Å². The van der Waals surface area contributed by atoms with Gasteiger partial charge in [0.15, 0.2) is 4.90 Å². The van der Waals surface area contributed by atoms with Gasteiger partial charge in [-0.3, -0.25) is 10.1 Å². The average Bonchev–Trinajstić information content (AvgIpc) is 2.01. The first-order valence-corrected chi connectivity index (χ1v) is 6.00. The second kappa shape index (κ2) is 5.51. The Morgan fingerprint density at radius 1 is 1.40 bits per heavy atom. The van der Waals surface area contributed by atoms with Crippen molar-refractivity contribution in [2.45, 2.75) is 9.79 Å². The third-order valence-electron chi connectivity index (χ3n) is 1.42. The molecule has 0 saturated carbocycles. The first kappa shape index (κ1) is 15.2. The molecule has 0 aromatic heterocycles. The van der Waals surface area contributed by atoms with Gasteiger partial charge in [-0.1, -0.05) is 6.07 Å². The number of nitro benzene ring substituents is 1. The minimum absolute atomic E-state index is 0. The van der Waals surface area contributed by atoms with E-state index in [0.717, 1.165) is 6.07 Å². The van der Waals surface area contributed by atoms with Crippen molar-refractivity contribution in [1.82, 2.24) is 0 Å². The fourth-order valence-electron chi connectivity index (χ4n) is 0.891. The number of nitrogens with zero attached hydrogens (tertiary/aromatic N) is 1. The van der Waals surface area contributed by atoms with Gasteiger partial charge in [0.2, 0.25) is 0 Å². The molecular formula is C6H4ClNNaO4S2. The van der Waals surface area contributed by atoms with Gasteiger partial charge in [0.05, 0.1) is 9.82 Å². The van der Waals surface area contributed by atoms with E-state index in [1.165, 1.54) is 12.1 Å². The van der Waals surface area contributed by atoms with E-state index in [4.69, 9.17) is 10.7 Å². The summed E-state index contributed by atoms with van der Waals surface area (Å²) in [6.45, 7) is 0. The summed E-state index contributed by atoms with van der Waals surface area (Å²) < 4.78 is 21.9. The van der Waals surface area contributed by atoms with Gasteiger partial charge in [-0.05, 0) is 12.1 Å². The van der Waals surface area contributed by atoms with Crippen LogP contribution < -0.4 is 0 Å². The van der Waals surface area contributed by atoms with Crippen LogP contribution in [-0.4, -0.2) is 42.9 Å². The zero-order valence-corrected chi connectivity index (χ0v) is 12.0. The number of hydrogen-bond acceptors (Lipinski definition) is 5. The van der Waals surface area contributed by atoms with Crippen LogP contribution in [0.1, 0.15) is 0 Å². The minimum Gasteiger partial charge on any atom is -0.258 e. The maximum absolute atomic E-state index is 10.9. The fraction of sp³-hybridized carbons (Fsp3) is 0.